The lowest BCUT2D eigenvalue weighted by molar-refractivity contribution is -0.141. The maximum atomic E-state index is 12.7. The van der Waals surface area contributed by atoms with Gasteiger partial charge in [-0.15, -0.1) is 0 Å². The van der Waals surface area contributed by atoms with Crippen LogP contribution in [0, 0.1) is 0 Å². The van der Waals surface area contributed by atoms with Crippen molar-refractivity contribution in [1.82, 2.24) is 4.90 Å². The molecular formula is C27H26F3NO4. The van der Waals surface area contributed by atoms with Crippen LogP contribution in [0.3, 0.4) is 0 Å². The van der Waals surface area contributed by atoms with Crippen LogP contribution in [0.2, 0.25) is 0 Å². The van der Waals surface area contributed by atoms with Gasteiger partial charge in [0.1, 0.15) is 12.4 Å². The summed E-state index contributed by atoms with van der Waals surface area (Å²) >= 11 is 0. The van der Waals surface area contributed by atoms with Crippen molar-refractivity contribution in [3.63, 3.8) is 0 Å². The Bertz CT molecular complexity index is 1160. The van der Waals surface area contributed by atoms with E-state index in [2.05, 4.69) is 0 Å². The first kappa shape index (κ1) is 25.8. The molecule has 0 saturated heterocycles. The van der Waals surface area contributed by atoms with Crippen LogP contribution in [0.15, 0.2) is 72.8 Å². The number of alkyl halides is 3. The van der Waals surface area contributed by atoms with E-state index < -0.39 is 23.6 Å². The van der Waals surface area contributed by atoms with Crippen LogP contribution in [0.25, 0.3) is 0 Å². The molecule has 0 heterocycles. The number of nitrogens with zero attached hydrogens (tertiary/aromatic N) is 1. The highest BCUT2D eigenvalue weighted by molar-refractivity contribution is 5.87. The van der Waals surface area contributed by atoms with Gasteiger partial charge in [-0.25, -0.2) is 0 Å². The Morgan fingerprint density at radius 1 is 0.914 bits per heavy atom. The van der Waals surface area contributed by atoms with Crippen molar-refractivity contribution in [2.45, 2.75) is 31.5 Å². The van der Waals surface area contributed by atoms with Crippen LogP contribution in [0.1, 0.15) is 40.2 Å². The third kappa shape index (κ3) is 7.34. The third-order valence-electron chi connectivity index (χ3n) is 5.49. The molecule has 35 heavy (non-hydrogen) atoms. The number of carbonyl (C=O) groups is 2. The molecule has 184 valence electrons. The lowest BCUT2D eigenvalue weighted by Gasteiger charge is -2.19. The van der Waals surface area contributed by atoms with Crippen molar-refractivity contribution in [3.05, 3.63) is 101 Å². The van der Waals surface area contributed by atoms with E-state index >= 15 is 0 Å². The minimum atomic E-state index is -4.35. The normalized spacial score (nSPS) is 12.1. The number of benzene rings is 3. The molecule has 0 aliphatic rings. The van der Waals surface area contributed by atoms with Crippen LogP contribution in [-0.4, -0.2) is 36.0 Å². The quantitative estimate of drug-likeness (QED) is 0.433. The molecule has 3 aromatic rings. The first-order chi connectivity index (χ1) is 16.5. The summed E-state index contributed by atoms with van der Waals surface area (Å²) in [6.45, 7) is 0.273. The van der Waals surface area contributed by atoms with Gasteiger partial charge < -0.3 is 14.7 Å². The Morgan fingerprint density at radius 2 is 1.54 bits per heavy atom. The van der Waals surface area contributed by atoms with Gasteiger partial charge >= 0.3 is 12.1 Å². The lowest BCUT2D eigenvalue weighted by Crippen LogP contribution is -2.29. The van der Waals surface area contributed by atoms with Crippen molar-refractivity contribution in [3.8, 4) is 5.75 Å². The summed E-state index contributed by atoms with van der Waals surface area (Å²) in [4.78, 5) is 24.9. The molecule has 0 aromatic heterocycles. The number of aliphatic carboxylic acids is 1. The van der Waals surface area contributed by atoms with Gasteiger partial charge in [-0.1, -0.05) is 48.5 Å². The monoisotopic (exact) mass is 485 g/mol. The van der Waals surface area contributed by atoms with Crippen molar-refractivity contribution >= 4 is 11.9 Å². The molecule has 0 spiro atoms. The third-order valence-corrected chi connectivity index (χ3v) is 5.49. The largest absolute Gasteiger partial charge is 0.489 e. The molecule has 3 aromatic carbocycles. The van der Waals surface area contributed by atoms with Gasteiger partial charge in [-0.2, -0.15) is 13.2 Å². The van der Waals surface area contributed by atoms with Gasteiger partial charge in [0, 0.05) is 14.1 Å². The minimum Gasteiger partial charge on any atom is -0.489 e. The molecule has 0 aliphatic carbocycles. The maximum absolute atomic E-state index is 12.7. The topological polar surface area (TPSA) is 66.8 Å². The molecule has 0 aliphatic heterocycles. The SMILES string of the molecule is CN(C)C(=O)C(CC(=O)O)c1ccc(OCc2cccc(Cc3ccc(C(F)(F)F)cc3)c2)cc1. The molecule has 1 amide bonds. The van der Waals surface area contributed by atoms with E-state index in [1.807, 2.05) is 24.3 Å². The first-order valence-corrected chi connectivity index (χ1v) is 10.9. The molecule has 0 fully saturated rings. The molecule has 0 bridgehead atoms. The van der Waals surface area contributed by atoms with Crippen LogP contribution < -0.4 is 4.74 Å². The van der Waals surface area contributed by atoms with Crippen LogP contribution in [0.4, 0.5) is 13.2 Å². The molecule has 1 N–H and O–H groups in total. The fourth-order valence-corrected chi connectivity index (χ4v) is 3.67. The Hall–Kier alpha value is -3.81. The second-order valence-corrected chi connectivity index (χ2v) is 8.43. The zero-order chi connectivity index (χ0) is 25.6. The van der Waals surface area contributed by atoms with E-state index in [1.54, 1.807) is 38.4 Å². The van der Waals surface area contributed by atoms with Crippen molar-refractivity contribution < 1.29 is 32.6 Å². The van der Waals surface area contributed by atoms with E-state index in [1.165, 1.54) is 17.0 Å². The second kappa shape index (κ2) is 11.1. The predicted molar refractivity (Wildman–Crippen MR) is 125 cm³/mol. The summed E-state index contributed by atoms with van der Waals surface area (Å²) in [6, 6.07) is 19.5. The number of amides is 1. The van der Waals surface area contributed by atoms with E-state index in [-0.39, 0.29) is 18.9 Å². The second-order valence-electron chi connectivity index (χ2n) is 8.43. The standard InChI is InChI=1S/C27H26F3NO4/c1-31(2)26(34)24(16-25(32)33)21-8-12-23(13-9-21)35-17-20-5-3-4-19(15-20)14-18-6-10-22(11-7-18)27(28,29)30/h3-13,15,24H,14,16-17H2,1-2H3,(H,32,33). The average Bonchev–Trinajstić information content (AvgIpc) is 2.81. The van der Waals surface area contributed by atoms with E-state index in [0.717, 1.165) is 28.8 Å². The summed E-state index contributed by atoms with van der Waals surface area (Å²) < 4.78 is 44.1. The molecule has 1 unspecified atom stereocenters. The molecule has 0 radical (unpaired) electrons. The van der Waals surface area contributed by atoms with Crippen LogP contribution >= 0.6 is 0 Å². The van der Waals surface area contributed by atoms with Gasteiger partial charge in [-0.05, 0) is 52.9 Å². The van der Waals surface area contributed by atoms with Gasteiger partial charge in [0.2, 0.25) is 5.91 Å². The average molecular weight is 486 g/mol. The fourth-order valence-electron chi connectivity index (χ4n) is 3.67. The van der Waals surface area contributed by atoms with E-state index in [9.17, 15) is 22.8 Å². The van der Waals surface area contributed by atoms with Gasteiger partial charge in [0.05, 0.1) is 17.9 Å². The van der Waals surface area contributed by atoms with Crippen LogP contribution in [-0.2, 0) is 28.8 Å². The maximum Gasteiger partial charge on any atom is 0.416 e. The van der Waals surface area contributed by atoms with E-state index in [0.29, 0.717) is 17.7 Å². The predicted octanol–water partition coefficient (Wildman–Crippen LogP) is 5.52. The Kier molecular flexibility index (Phi) is 8.17. The highest BCUT2D eigenvalue weighted by Crippen LogP contribution is 2.29. The summed E-state index contributed by atoms with van der Waals surface area (Å²) in [5, 5.41) is 9.16. The zero-order valence-corrected chi connectivity index (χ0v) is 19.4. The molecular weight excluding hydrogens is 459 g/mol. The van der Waals surface area contributed by atoms with Gasteiger partial charge in [-0.3, -0.25) is 9.59 Å². The summed E-state index contributed by atoms with van der Waals surface area (Å²) in [5.41, 5.74) is 2.53. The Morgan fingerprint density at radius 3 is 2.11 bits per heavy atom. The first-order valence-electron chi connectivity index (χ1n) is 10.9. The number of carbonyl (C=O) groups excluding carboxylic acids is 1. The van der Waals surface area contributed by atoms with E-state index in [4.69, 9.17) is 9.84 Å². The zero-order valence-electron chi connectivity index (χ0n) is 19.4. The number of rotatable bonds is 9. The van der Waals surface area contributed by atoms with Gasteiger partial charge in [0.25, 0.3) is 0 Å². The number of hydrogen-bond donors (Lipinski definition) is 1. The Labute approximate surface area is 201 Å². The Balaban J connectivity index is 1.63. The lowest BCUT2D eigenvalue weighted by atomic mass is 9.94. The van der Waals surface area contributed by atoms with Crippen LogP contribution in [0.5, 0.6) is 5.75 Å². The number of likely N-dealkylation sites (N-methyl/N-ethyl adjacent to an activating group) is 1. The molecule has 3 rings (SSSR count). The summed E-state index contributed by atoms with van der Waals surface area (Å²) in [7, 11) is 3.17. The summed E-state index contributed by atoms with van der Waals surface area (Å²) in [5.74, 6) is -1.56. The summed E-state index contributed by atoms with van der Waals surface area (Å²) in [6.07, 6.45) is -4.17. The number of halogens is 3. The van der Waals surface area contributed by atoms with Gasteiger partial charge in [0.15, 0.2) is 0 Å². The fraction of sp³-hybridized carbons (Fsp3) is 0.259. The highest BCUT2D eigenvalue weighted by atomic mass is 19.4. The molecule has 1 atom stereocenters. The molecule has 5 nitrogen and oxygen atoms in total. The van der Waals surface area contributed by atoms with Crippen molar-refractivity contribution in [2.75, 3.05) is 14.1 Å². The number of carboxylic acid groups (broad SMARTS) is 1. The van der Waals surface area contributed by atoms with Crippen molar-refractivity contribution in [2.24, 2.45) is 0 Å². The number of ether oxygens (including phenoxy) is 1. The molecule has 0 saturated carbocycles. The highest BCUT2D eigenvalue weighted by Gasteiger charge is 2.30. The molecule has 8 heteroatoms. The minimum absolute atomic E-state index is 0.273. The number of carboxylic acids is 1. The smallest absolute Gasteiger partial charge is 0.416 e. The number of hydrogen-bond acceptors (Lipinski definition) is 3. The van der Waals surface area contributed by atoms with Crippen molar-refractivity contribution in [1.29, 1.82) is 0 Å².